The van der Waals surface area contributed by atoms with Crippen LogP contribution < -0.4 is 4.74 Å². The zero-order chi connectivity index (χ0) is 12.0. The third-order valence-electron chi connectivity index (χ3n) is 2.22. The van der Waals surface area contributed by atoms with Crippen LogP contribution in [0.25, 0.3) is 0 Å². The van der Waals surface area contributed by atoms with Gasteiger partial charge in [0.1, 0.15) is 24.6 Å². The molecule has 0 aliphatic heterocycles. The highest BCUT2D eigenvalue weighted by atomic mass is 16.5. The molecule has 0 radical (unpaired) electrons. The molecule has 0 bridgehead atoms. The molecule has 0 aromatic heterocycles. The van der Waals surface area contributed by atoms with E-state index in [1.807, 2.05) is 31.2 Å². The van der Waals surface area contributed by atoms with Crippen LogP contribution in [0.5, 0.6) is 5.75 Å². The van der Waals surface area contributed by atoms with Crippen LogP contribution in [0, 0.1) is 6.92 Å². The smallest absolute Gasteiger partial charge is 0.119 e. The minimum Gasteiger partial charge on any atom is -0.491 e. The van der Waals surface area contributed by atoms with Gasteiger partial charge in [-0.05, 0) is 19.1 Å². The molecule has 0 spiro atoms. The summed E-state index contributed by atoms with van der Waals surface area (Å²) in [6, 6.07) is 7.50. The summed E-state index contributed by atoms with van der Waals surface area (Å²) >= 11 is 0. The van der Waals surface area contributed by atoms with Gasteiger partial charge in [0.2, 0.25) is 0 Å². The van der Waals surface area contributed by atoms with Gasteiger partial charge >= 0.3 is 0 Å². The van der Waals surface area contributed by atoms with Crippen molar-refractivity contribution < 1.29 is 19.7 Å². The summed E-state index contributed by atoms with van der Waals surface area (Å²) in [6.45, 7) is 2.13. The Balaban J connectivity index is 2.36. The maximum absolute atomic E-state index is 9.51. The molecule has 0 saturated heterocycles. The average molecular weight is 226 g/mol. The Morgan fingerprint density at radius 1 is 1.06 bits per heavy atom. The van der Waals surface area contributed by atoms with Crippen molar-refractivity contribution in [2.75, 3.05) is 20.3 Å². The fourth-order valence-electron chi connectivity index (χ4n) is 1.21. The Bertz CT molecular complexity index is 296. The molecule has 1 aromatic carbocycles. The Kier molecular flexibility index (Phi) is 5.25. The summed E-state index contributed by atoms with van der Waals surface area (Å²) in [5, 5.41) is 18.9. The van der Waals surface area contributed by atoms with Gasteiger partial charge in [0.05, 0.1) is 6.61 Å². The zero-order valence-corrected chi connectivity index (χ0v) is 9.59. The first-order valence-corrected chi connectivity index (χ1v) is 5.18. The van der Waals surface area contributed by atoms with E-state index in [1.165, 1.54) is 7.11 Å². The first kappa shape index (κ1) is 13.0. The number of aliphatic hydroxyl groups is 2. The number of aliphatic hydroxyl groups excluding tert-OH is 2. The average Bonchev–Trinajstić information content (AvgIpc) is 2.28. The third kappa shape index (κ3) is 4.18. The number of aryl methyl sites for hydroxylation is 1. The van der Waals surface area contributed by atoms with Crippen LogP contribution >= 0.6 is 0 Å². The van der Waals surface area contributed by atoms with Crippen molar-refractivity contribution in [3.8, 4) is 5.75 Å². The summed E-state index contributed by atoms with van der Waals surface area (Å²) < 4.78 is 10.1. The minimum absolute atomic E-state index is 0.0492. The molecule has 0 heterocycles. The second-order valence-corrected chi connectivity index (χ2v) is 3.71. The molecule has 2 N–H and O–H groups in total. The van der Waals surface area contributed by atoms with Crippen molar-refractivity contribution in [1.29, 1.82) is 0 Å². The molecule has 0 aliphatic rings. The van der Waals surface area contributed by atoms with Gasteiger partial charge in [-0.15, -0.1) is 0 Å². The van der Waals surface area contributed by atoms with E-state index in [4.69, 9.17) is 9.47 Å². The van der Waals surface area contributed by atoms with Gasteiger partial charge in [-0.1, -0.05) is 17.7 Å². The van der Waals surface area contributed by atoms with Crippen LogP contribution in [0.1, 0.15) is 5.56 Å². The Hall–Kier alpha value is -1.10. The third-order valence-corrected chi connectivity index (χ3v) is 2.22. The van der Waals surface area contributed by atoms with E-state index in [-0.39, 0.29) is 13.2 Å². The van der Waals surface area contributed by atoms with Gasteiger partial charge in [-0.2, -0.15) is 0 Å². The zero-order valence-electron chi connectivity index (χ0n) is 9.59. The first-order chi connectivity index (χ1) is 7.63. The minimum atomic E-state index is -0.943. The maximum Gasteiger partial charge on any atom is 0.119 e. The Morgan fingerprint density at radius 2 is 1.62 bits per heavy atom. The van der Waals surface area contributed by atoms with E-state index in [0.717, 1.165) is 5.56 Å². The van der Waals surface area contributed by atoms with Crippen molar-refractivity contribution in [3.63, 3.8) is 0 Å². The second-order valence-electron chi connectivity index (χ2n) is 3.71. The lowest BCUT2D eigenvalue weighted by molar-refractivity contribution is -0.0433. The number of hydrogen-bond donors (Lipinski definition) is 2. The van der Waals surface area contributed by atoms with Crippen molar-refractivity contribution in [1.82, 2.24) is 0 Å². The van der Waals surface area contributed by atoms with Crippen LogP contribution in [0.2, 0.25) is 0 Å². The molecule has 2 atom stereocenters. The van der Waals surface area contributed by atoms with Crippen molar-refractivity contribution in [2.45, 2.75) is 19.1 Å². The molecule has 4 heteroatoms. The predicted octanol–water partition coefficient (Wildman–Crippen LogP) is 0.742. The van der Waals surface area contributed by atoms with E-state index in [1.54, 1.807) is 0 Å². The van der Waals surface area contributed by atoms with Gasteiger partial charge < -0.3 is 19.7 Å². The molecular weight excluding hydrogens is 208 g/mol. The van der Waals surface area contributed by atoms with Crippen molar-refractivity contribution >= 4 is 0 Å². The SMILES string of the molecule is COCC(O)C(O)COc1ccc(C)cc1. The van der Waals surface area contributed by atoms with Crippen LogP contribution in [-0.4, -0.2) is 42.7 Å². The van der Waals surface area contributed by atoms with Crippen LogP contribution in [0.4, 0.5) is 0 Å². The van der Waals surface area contributed by atoms with Crippen molar-refractivity contribution in [2.24, 2.45) is 0 Å². The lowest BCUT2D eigenvalue weighted by atomic mass is 10.2. The molecule has 2 unspecified atom stereocenters. The lowest BCUT2D eigenvalue weighted by Crippen LogP contribution is -2.35. The second kappa shape index (κ2) is 6.48. The fraction of sp³-hybridized carbons (Fsp3) is 0.500. The molecule has 0 amide bonds. The number of methoxy groups -OCH3 is 1. The molecule has 0 saturated carbocycles. The van der Waals surface area contributed by atoms with Gasteiger partial charge in [-0.3, -0.25) is 0 Å². The normalized spacial score (nSPS) is 14.5. The quantitative estimate of drug-likeness (QED) is 0.751. The van der Waals surface area contributed by atoms with E-state index in [2.05, 4.69) is 0 Å². The Morgan fingerprint density at radius 3 is 2.19 bits per heavy atom. The van der Waals surface area contributed by atoms with Gasteiger partial charge in [0, 0.05) is 7.11 Å². The highest BCUT2D eigenvalue weighted by Crippen LogP contribution is 2.12. The van der Waals surface area contributed by atoms with E-state index in [9.17, 15) is 10.2 Å². The highest BCUT2D eigenvalue weighted by Gasteiger charge is 2.16. The van der Waals surface area contributed by atoms with E-state index < -0.39 is 12.2 Å². The molecule has 0 fully saturated rings. The summed E-state index contributed by atoms with van der Waals surface area (Å²) in [5.74, 6) is 0.675. The molecule has 90 valence electrons. The lowest BCUT2D eigenvalue weighted by Gasteiger charge is -2.17. The monoisotopic (exact) mass is 226 g/mol. The van der Waals surface area contributed by atoms with Crippen LogP contribution in [0.3, 0.4) is 0 Å². The van der Waals surface area contributed by atoms with Gasteiger partial charge in [-0.25, -0.2) is 0 Å². The highest BCUT2D eigenvalue weighted by molar-refractivity contribution is 5.26. The number of hydrogen-bond acceptors (Lipinski definition) is 4. The molecular formula is C12H18O4. The number of benzene rings is 1. The fourth-order valence-corrected chi connectivity index (χ4v) is 1.21. The molecule has 0 aliphatic carbocycles. The van der Waals surface area contributed by atoms with Crippen LogP contribution in [0.15, 0.2) is 24.3 Å². The largest absolute Gasteiger partial charge is 0.491 e. The van der Waals surface area contributed by atoms with E-state index >= 15 is 0 Å². The molecule has 1 rings (SSSR count). The first-order valence-electron chi connectivity index (χ1n) is 5.18. The topological polar surface area (TPSA) is 58.9 Å². The standard InChI is InChI=1S/C12H18O4/c1-9-3-5-10(6-4-9)16-8-12(14)11(13)7-15-2/h3-6,11-14H,7-8H2,1-2H3. The molecule has 16 heavy (non-hydrogen) atoms. The summed E-state index contributed by atoms with van der Waals surface area (Å²) in [4.78, 5) is 0. The predicted molar refractivity (Wildman–Crippen MR) is 60.6 cm³/mol. The summed E-state index contributed by atoms with van der Waals surface area (Å²) in [5.41, 5.74) is 1.15. The van der Waals surface area contributed by atoms with Crippen LogP contribution in [-0.2, 0) is 4.74 Å². The summed E-state index contributed by atoms with van der Waals surface area (Å²) in [6.07, 6.45) is -1.86. The number of rotatable bonds is 6. The van der Waals surface area contributed by atoms with Gasteiger partial charge in [0.15, 0.2) is 0 Å². The molecule has 4 nitrogen and oxygen atoms in total. The maximum atomic E-state index is 9.51. The van der Waals surface area contributed by atoms with E-state index in [0.29, 0.717) is 5.75 Å². The molecule has 1 aromatic rings. The Labute approximate surface area is 95.4 Å². The van der Waals surface area contributed by atoms with Gasteiger partial charge in [0.25, 0.3) is 0 Å². The number of ether oxygens (including phenoxy) is 2. The van der Waals surface area contributed by atoms with Crippen molar-refractivity contribution in [3.05, 3.63) is 29.8 Å². The summed E-state index contributed by atoms with van der Waals surface area (Å²) in [7, 11) is 1.47.